The molecule has 35 heavy (non-hydrogen) atoms. The number of carbonyl (C=O) groups is 1. The highest BCUT2D eigenvalue weighted by molar-refractivity contribution is 6.30. The Morgan fingerprint density at radius 3 is 2.51 bits per heavy atom. The zero-order valence-corrected chi connectivity index (χ0v) is 21.1. The van der Waals surface area contributed by atoms with E-state index in [0.717, 1.165) is 34.0 Å². The summed E-state index contributed by atoms with van der Waals surface area (Å²) in [4.78, 5) is 16.5. The van der Waals surface area contributed by atoms with Crippen LogP contribution in [0.3, 0.4) is 0 Å². The fraction of sp³-hybridized carbons (Fsp3) is 0.276. The maximum absolute atomic E-state index is 13.1. The highest BCUT2D eigenvalue weighted by Gasteiger charge is 2.22. The van der Waals surface area contributed by atoms with Gasteiger partial charge in [0.05, 0.1) is 14.2 Å². The number of hydrogen-bond acceptors (Lipinski definition) is 3. The number of aryl methyl sites for hydroxylation is 1. The zero-order valence-electron chi connectivity index (χ0n) is 20.4. The lowest BCUT2D eigenvalue weighted by Crippen LogP contribution is -2.27. The molecule has 1 amide bonds. The Bertz CT molecular complexity index is 1300. The SMILES string of the molecule is CCc1cccc2c(C(CC(=O)NCCc3ccc(OC)c(OC)c3)c3ccc(Cl)cc3)c[nH]c12. The molecule has 5 nitrogen and oxygen atoms in total. The summed E-state index contributed by atoms with van der Waals surface area (Å²) < 4.78 is 10.7. The number of rotatable bonds is 10. The van der Waals surface area contributed by atoms with Crippen molar-refractivity contribution in [1.82, 2.24) is 10.3 Å². The molecule has 0 saturated carbocycles. The largest absolute Gasteiger partial charge is 0.493 e. The number of halogens is 1. The fourth-order valence-corrected chi connectivity index (χ4v) is 4.69. The quantitative estimate of drug-likeness (QED) is 0.275. The first-order valence-electron chi connectivity index (χ1n) is 11.9. The van der Waals surface area contributed by atoms with E-state index in [1.54, 1.807) is 14.2 Å². The van der Waals surface area contributed by atoms with Gasteiger partial charge in [-0.1, -0.05) is 54.9 Å². The molecule has 4 rings (SSSR count). The summed E-state index contributed by atoms with van der Waals surface area (Å²) in [6, 6.07) is 19.9. The second-order valence-electron chi connectivity index (χ2n) is 8.53. The molecule has 6 heteroatoms. The number of nitrogens with one attached hydrogen (secondary N) is 2. The highest BCUT2D eigenvalue weighted by atomic mass is 35.5. The zero-order chi connectivity index (χ0) is 24.8. The third-order valence-electron chi connectivity index (χ3n) is 6.44. The monoisotopic (exact) mass is 490 g/mol. The molecule has 1 atom stereocenters. The van der Waals surface area contributed by atoms with Gasteiger partial charge in [0.25, 0.3) is 0 Å². The topological polar surface area (TPSA) is 63.4 Å². The lowest BCUT2D eigenvalue weighted by Gasteiger charge is -2.18. The molecule has 0 aliphatic carbocycles. The van der Waals surface area contributed by atoms with Gasteiger partial charge in [0.15, 0.2) is 11.5 Å². The summed E-state index contributed by atoms with van der Waals surface area (Å²) in [7, 11) is 3.24. The van der Waals surface area contributed by atoms with Gasteiger partial charge in [0, 0.05) is 41.0 Å². The molecule has 0 bridgehead atoms. The van der Waals surface area contributed by atoms with E-state index in [2.05, 4.69) is 35.4 Å². The summed E-state index contributed by atoms with van der Waals surface area (Å²) in [6.45, 7) is 2.69. The molecule has 1 unspecified atom stereocenters. The summed E-state index contributed by atoms with van der Waals surface area (Å²) in [5, 5.41) is 4.93. The number of fused-ring (bicyclic) bond motifs is 1. The number of ether oxygens (including phenoxy) is 2. The Kier molecular flexibility index (Phi) is 7.98. The van der Waals surface area contributed by atoms with Crippen LogP contribution < -0.4 is 14.8 Å². The fourth-order valence-electron chi connectivity index (χ4n) is 4.56. The lowest BCUT2D eigenvalue weighted by atomic mass is 9.87. The van der Waals surface area contributed by atoms with Crippen LogP contribution in [0, 0.1) is 0 Å². The minimum atomic E-state index is -0.0887. The molecule has 182 valence electrons. The molecule has 1 aromatic heterocycles. The van der Waals surface area contributed by atoms with Gasteiger partial charge in [-0.3, -0.25) is 4.79 Å². The second-order valence-corrected chi connectivity index (χ2v) is 8.97. The normalized spacial score (nSPS) is 11.9. The first-order chi connectivity index (χ1) is 17.0. The molecule has 0 saturated heterocycles. The van der Waals surface area contributed by atoms with Gasteiger partial charge in [-0.15, -0.1) is 0 Å². The first-order valence-corrected chi connectivity index (χ1v) is 12.2. The van der Waals surface area contributed by atoms with Crippen LogP contribution in [-0.2, 0) is 17.6 Å². The molecule has 2 N–H and O–H groups in total. The smallest absolute Gasteiger partial charge is 0.220 e. The van der Waals surface area contributed by atoms with Crippen LogP contribution in [0.15, 0.2) is 66.9 Å². The molecule has 3 aromatic carbocycles. The van der Waals surface area contributed by atoms with Gasteiger partial charge in [-0.25, -0.2) is 0 Å². The molecule has 0 radical (unpaired) electrons. The summed E-state index contributed by atoms with van der Waals surface area (Å²) in [5.41, 5.74) is 5.65. The van der Waals surface area contributed by atoms with Crippen molar-refractivity contribution in [2.24, 2.45) is 0 Å². The number of H-pyrrole nitrogens is 1. The van der Waals surface area contributed by atoms with Crippen molar-refractivity contribution in [2.45, 2.75) is 32.1 Å². The number of hydrogen-bond donors (Lipinski definition) is 2. The van der Waals surface area contributed by atoms with Crippen molar-refractivity contribution in [3.05, 3.63) is 94.1 Å². The van der Waals surface area contributed by atoms with E-state index in [9.17, 15) is 4.79 Å². The molecule has 1 heterocycles. The predicted molar refractivity (Wildman–Crippen MR) is 142 cm³/mol. The van der Waals surface area contributed by atoms with Gasteiger partial charge in [0.1, 0.15) is 0 Å². The third-order valence-corrected chi connectivity index (χ3v) is 6.69. The van der Waals surface area contributed by atoms with Crippen LogP contribution in [0.2, 0.25) is 5.02 Å². The van der Waals surface area contributed by atoms with Crippen molar-refractivity contribution in [3.63, 3.8) is 0 Å². The second kappa shape index (κ2) is 11.3. The maximum atomic E-state index is 13.1. The van der Waals surface area contributed by atoms with Crippen molar-refractivity contribution < 1.29 is 14.3 Å². The van der Waals surface area contributed by atoms with E-state index in [-0.39, 0.29) is 11.8 Å². The van der Waals surface area contributed by atoms with Gasteiger partial charge in [0.2, 0.25) is 5.91 Å². The molecule has 0 aliphatic rings. The summed E-state index contributed by atoms with van der Waals surface area (Å²) in [5.74, 6) is 1.29. The maximum Gasteiger partial charge on any atom is 0.220 e. The van der Waals surface area contributed by atoms with Crippen LogP contribution in [0.25, 0.3) is 10.9 Å². The average molecular weight is 491 g/mol. The Balaban J connectivity index is 1.51. The standard InChI is InChI=1S/C29H31ClN2O3/c1-4-20-6-5-7-23-25(18-32-29(20)23)24(21-9-11-22(30)12-10-21)17-28(33)31-15-14-19-8-13-26(34-2)27(16-19)35-3/h5-13,16,18,24,32H,4,14-15,17H2,1-3H3,(H,31,33). The van der Waals surface area contributed by atoms with Crippen molar-refractivity contribution >= 4 is 28.4 Å². The van der Waals surface area contributed by atoms with Gasteiger partial charge in [-0.2, -0.15) is 0 Å². The van der Waals surface area contributed by atoms with E-state index in [0.29, 0.717) is 35.9 Å². The van der Waals surface area contributed by atoms with Crippen molar-refractivity contribution in [2.75, 3.05) is 20.8 Å². The van der Waals surface area contributed by atoms with Crippen molar-refractivity contribution in [3.8, 4) is 11.5 Å². The first kappa shape index (κ1) is 24.7. The molecular formula is C29H31ClN2O3. The molecule has 0 spiro atoms. The molecule has 4 aromatic rings. The van der Waals surface area contributed by atoms with Crippen LogP contribution >= 0.6 is 11.6 Å². The van der Waals surface area contributed by atoms with Crippen LogP contribution in [0.5, 0.6) is 11.5 Å². The lowest BCUT2D eigenvalue weighted by molar-refractivity contribution is -0.121. The highest BCUT2D eigenvalue weighted by Crippen LogP contribution is 2.35. The van der Waals surface area contributed by atoms with E-state index in [1.807, 2.05) is 48.7 Å². The number of methoxy groups -OCH3 is 2. The Morgan fingerprint density at radius 2 is 1.80 bits per heavy atom. The van der Waals surface area contributed by atoms with Crippen LogP contribution in [0.4, 0.5) is 0 Å². The summed E-state index contributed by atoms with van der Waals surface area (Å²) >= 11 is 6.15. The number of para-hydroxylation sites is 1. The number of benzene rings is 3. The number of amides is 1. The third kappa shape index (κ3) is 5.63. The molecule has 0 aliphatic heterocycles. The van der Waals surface area contributed by atoms with E-state index >= 15 is 0 Å². The minimum absolute atomic E-state index is 0.00595. The van der Waals surface area contributed by atoms with Gasteiger partial charge in [-0.05, 0) is 59.4 Å². The van der Waals surface area contributed by atoms with Gasteiger partial charge < -0.3 is 19.8 Å². The Morgan fingerprint density at radius 1 is 1.03 bits per heavy atom. The van der Waals surface area contributed by atoms with E-state index in [4.69, 9.17) is 21.1 Å². The van der Waals surface area contributed by atoms with Crippen LogP contribution in [-0.4, -0.2) is 31.7 Å². The van der Waals surface area contributed by atoms with E-state index in [1.165, 1.54) is 5.56 Å². The molecular weight excluding hydrogens is 460 g/mol. The summed E-state index contributed by atoms with van der Waals surface area (Å²) in [6.07, 6.45) is 4.03. The van der Waals surface area contributed by atoms with E-state index < -0.39 is 0 Å². The minimum Gasteiger partial charge on any atom is -0.493 e. The number of carbonyl (C=O) groups excluding carboxylic acids is 1. The molecule has 0 fully saturated rings. The average Bonchev–Trinajstić information content (AvgIpc) is 3.32. The number of aromatic nitrogens is 1. The predicted octanol–water partition coefficient (Wildman–Crippen LogP) is 6.28. The Labute approximate surface area is 211 Å². The van der Waals surface area contributed by atoms with Crippen molar-refractivity contribution in [1.29, 1.82) is 0 Å². The van der Waals surface area contributed by atoms with Crippen LogP contribution in [0.1, 0.15) is 41.5 Å². The Hall–Kier alpha value is -3.44. The van der Waals surface area contributed by atoms with Gasteiger partial charge >= 0.3 is 0 Å². The number of aromatic amines is 1.